The topological polar surface area (TPSA) is 107 Å². The van der Waals surface area contributed by atoms with Crippen LogP contribution in [0.4, 0.5) is 5.95 Å². The molecule has 0 radical (unpaired) electrons. The average Bonchev–Trinajstić information content (AvgIpc) is 2.50. The summed E-state index contributed by atoms with van der Waals surface area (Å²) in [6.07, 6.45) is 1.32. The second-order valence-electron chi connectivity index (χ2n) is 2.73. The molecule has 0 aliphatic heterocycles. The first-order valence-corrected chi connectivity index (χ1v) is 3.84. The standard InChI is InChI=1S/C7H7N5O2/c1-3(13)12-6(14)4-5(10-2-9-4)11-7(12)8/h2H,1H3,(H2,8,11)(H,9,10). The molecule has 7 heteroatoms. The Hall–Kier alpha value is -2.18. The Morgan fingerprint density at radius 2 is 2.36 bits per heavy atom. The van der Waals surface area contributed by atoms with Crippen molar-refractivity contribution in [2.24, 2.45) is 0 Å². The zero-order valence-electron chi connectivity index (χ0n) is 7.31. The van der Waals surface area contributed by atoms with Crippen LogP contribution >= 0.6 is 0 Å². The fraction of sp³-hybridized carbons (Fsp3) is 0.143. The van der Waals surface area contributed by atoms with Crippen LogP contribution in [0.5, 0.6) is 0 Å². The first-order valence-electron chi connectivity index (χ1n) is 3.84. The Labute approximate surface area is 77.6 Å². The molecule has 0 unspecified atom stereocenters. The molecule has 0 spiro atoms. The number of carbonyl (C=O) groups is 1. The van der Waals surface area contributed by atoms with Crippen molar-refractivity contribution in [2.75, 3.05) is 5.73 Å². The maximum Gasteiger partial charge on any atom is 0.287 e. The summed E-state index contributed by atoms with van der Waals surface area (Å²) in [4.78, 5) is 32.8. The molecule has 2 rings (SSSR count). The summed E-state index contributed by atoms with van der Waals surface area (Å²) in [6, 6.07) is 0. The van der Waals surface area contributed by atoms with Gasteiger partial charge in [-0.25, -0.2) is 9.55 Å². The summed E-state index contributed by atoms with van der Waals surface area (Å²) in [7, 11) is 0. The molecule has 0 aromatic carbocycles. The highest BCUT2D eigenvalue weighted by molar-refractivity contribution is 5.82. The van der Waals surface area contributed by atoms with Crippen molar-refractivity contribution in [2.45, 2.75) is 6.92 Å². The van der Waals surface area contributed by atoms with Crippen molar-refractivity contribution in [3.63, 3.8) is 0 Å². The van der Waals surface area contributed by atoms with Crippen LogP contribution in [0.2, 0.25) is 0 Å². The third kappa shape index (κ3) is 0.987. The van der Waals surface area contributed by atoms with E-state index in [4.69, 9.17) is 5.73 Å². The number of hydrogen-bond donors (Lipinski definition) is 2. The summed E-state index contributed by atoms with van der Waals surface area (Å²) in [5.74, 6) is -0.626. The molecule has 0 bridgehead atoms. The largest absolute Gasteiger partial charge is 0.369 e. The minimum atomic E-state index is -0.530. The number of fused-ring (bicyclic) bond motifs is 1. The zero-order chi connectivity index (χ0) is 10.3. The van der Waals surface area contributed by atoms with Crippen molar-refractivity contribution >= 4 is 23.0 Å². The van der Waals surface area contributed by atoms with Crippen LogP contribution in [-0.2, 0) is 0 Å². The van der Waals surface area contributed by atoms with Crippen LogP contribution in [0.1, 0.15) is 11.7 Å². The van der Waals surface area contributed by atoms with Gasteiger partial charge in [0.05, 0.1) is 6.33 Å². The van der Waals surface area contributed by atoms with Gasteiger partial charge in [0.2, 0.25) is 11.9 Å². The van der Waals surface area contributed by atoms with E-state index in [2.05, 4.69) is 15.0 Å². The number of rotatable bonds is 0. The number of imidazole rings is 1. The quantitative estimate of drug-likeness (QED) is 0.578. The molecular weight excluding hydrogens is 186 g/mol. The van der Waals surface area contributed by atoms with Gasteiger partial charge in [-0.3, -0.25) is 9.59 Å². The normalized spacial score (nSPS) is 10.6. The molecule has 0 amide bonds. The van der Waals surface area contributed by atoms with E-state index in [0.717, 1.165) is 4.57 Å². The van der Waals surface area contributed by atoms with E-state index in [0.29, 0.717) is 0 Å². The summed E-state index contributed by atoms with van der Waals surface area (Å²) < 4.78 is 0.792. The van der Waals surface area contributed by atoms with Crippen molar-refractivity contribution in [1.29, 1.82) is 0 Å². The predicted octanol–water partition coefficient (Wildman–Crippen LogP) is -0.638. The van der Waals surface area contributed by atoms with Gasteiger partial charge in [0.1, 0.15) is 0 Å². The molecule has 14 heavy (non-hydrogen) atoms. The number of nitrogens with zero attached hydrogens (tertiary/aromatic N) is 3. The molecule has 0 fully saturated rings. The SMILES string of the molecule is CC(=O)n1c(N)nc2nc[nH]c2c1=O. The number of nitrogen functional groups attached to an aromatic ring is 1. The van der Waals surface area contributed by atoms with Crippen LogP contribution in [0.15, 0.2) is 11.1 Å². The summed E-state index contributed by atoms with van der Waals surface area (Å²) in [6.45, 7) is 1.24. The maximum absolute atomic E-state index is 11.6. The smallest absolute Gasteiger partial charge is 0.287 e. The van der Waals surface area contributed by atoms with Gasteiger partial charge in [-0.1, -0.05) is 0 Å². The average molecular weight is 193 g/mol. The molecule has 0 saturated heterocycles. The number of nitrogens with two attached hydrogens (primary N) is 1. The molecule has 2 aromatic rings. The summed E-state index contributed by atoms with van der Waals surface area (Å²) >= 11 is 0. The van der Waals surface area contributed by atoms with E-state index in [-0.39, 0.29) is 17.1 Å². The van der Waals surface area contributed by atoms with Gasteiger partial charge in [0, 0.05) is 6.92 Å². The minimum absolute atomic E-state index is 0.151. The third-order valence-corrected chi connectivity index (χ3v) is 1.80. The number of nitrogens with one attached hydrogen (secondary N) is 1. The van der Waals surface area contributed by atoms with Crippen LogP contribution in [-0.4, -0.2) is 25.4 Å². The number of H-pyrrole nitrogens is 1. The number of hydrogen-bond acceptors (Lipinski definition) is 5. The first-order chi connectivity index (χ1) is 6.61. The molecule has 2 aromatic heterocycles. The molecule has 7 nitrogen and oxygen atoms in total. The van der Waals surface area contributed by atoms with Crippen molar-refractivity contribution < 1.29 is 4.79 Å². The van der Waals surface area contributed by atoms with E-state index in [1.807, 2.05) is 0 Å². The van der Waals surface area contributed by atoms with Crippen LogP contribution < -0.4 is 11.3 Å². The van der Waals surface area contributed by atoms with Crippen molar-refractivity contribution in [1.82, 2.24) is 19.5 Å². The molecule has 72 valence electrons. The highest BCUT2D eigenvalue weighted by Gasteiger charge is 2.12. The highest BCUT2D eigenvalue weighted by atomic mass is 16.2. The molecule has 0 atom stereocenters. The summed E-state index contributed by atoms with van der Waals surface area (Å²) in [5.41, 5.74) is 5.28. The lowest BCUT2D eigenvalue weighted by molar-refractivity contribution is 0.0934. The molecule has 0 saturated carbocycles. The van der Waals surface area contributed by atoms with E-state index in [1.54, 1.807) is 0 Å². The molecule has 0 aliphatic carbocycles. The monoisotopic (exact) mass is 193 g/mol. The third-order valence-electron chi connectivity index (χ3n) is 1.80. The van der Waals surface area contributed by atoms with E-state index in [1.165, 1.54) is 13.3 Å². The van der Waals surface area contributed by atoms with Crippen LogP contribution in [0.25, 0.3) is 11.2 Å². The van der Waals surface area contributed by atoms with Gasteiger partial charge in [-0.15, -0.1) is 0 Å². The first kappa shape index (κ1) is 8.42. The lowest BCUT2D eigenvalue weighted by Gasteiger charge is -2.02. The van der Waals surface area contributed by atoms with Crippen LogP contribution in [0, 0.1) is 0 Å². The maximum atomic E-state index is 11.6. The lowest BCUT2D eigenvalue weighted by atomic mass is 10.5. The number of aromatic nitrogens is 4. The van der Waals surface area contributed by atoms with Crippen molar-refractivity contribution in [3.05, 3.63) is 16.7 Å². The molecule has 0 aliphatic rings. The minimum Gasteiger partial charge on any atom is -0.369 e. The van der Waals surface area contributed by atoms with Gasteiger partial charge in [-0.2, -0.15) is 4.98 Å². The Morgan fingerprint density at radius 3 is 3.00 bits per heavy atom. The fourth-order valence-electron chi connectivity index (χ4n) is 1.21. The Bertz CT molecular complexity index is 567. The molecule has 3 N–H and O–H groups in total. The predicted molar refractivity (Wildman–Crippen MR) is 48.9 cm³/mol. The Kier molecular flexibility index (Phi) is 1.60. The van der Waals surface area contributed by atoms with Gasteiger partial charge in [0.15, 0.2) is 11.2 Å². The van der Waals surface area contributed by atoms with E-state index in [9.17, 15) is 9.59 Å². The van der Waals surface area contributed by atoms with Gasteiger partial charge < -0.3 is 10.7 Å². The van der Waals surface area contributed by atoms with Gasteiger partial charge in [0.25, 0.3) is 5.56 Å². The van der Waals surface area contributed by atoms with Crippen molar-refractivity contribution in [3.8, 4) is 0 Å². The zero-order valence-corrected chi connectivity index (χ0v) is 7.31. The Balaban J connectivity index is 2.97. The molecule has 2 heterocycles. The number of carbonyl (C=O) groups excluding carboxylic acids is 1. The summed E-state index contributed by atoms with van der Waals surface area (Å²) in [5, 5.41) is 0. The van der Waals surface area contributed by atoms with Gasteiger partial charge >= 0.3 is 0 Å². The second-order valence-corrected chi connectivity index (χ2v) is 2.73. The van der Waals surface area contributed by atoms with Gasteiger partial charge in [-0.05, 0) is 0 Å². The Morgan fingerprint density at radius 1 is 1.64 bits per heavy atom. The highest BCUT2D eigenvalue weighted by Crippen LogP contribution is 2.03. The van der Waals surface area contributed by atoms with Crippen LogP contribution in [0.3, 0.4) is 0 Å². The number of aromatic amines is 1. The van der Waals surface area contributed by atoms with E-state index >= 15 is 0 Å². The fourth-order valence-corrected chi connectivity index (χ4v) is 1.21. The molecular formula is C7H7N5O2. The van der Waals surface area contributed by atoms with E-state index < -0.39 is 11.5 Å². The lowest BCUT2D eigenvalue weighted by Crippen LogP contribution is -2.28. The number of anilines is 1. The second kappa shape index (κ2) is 2.66.